The number of benzene rings is 1. The molecule has 0 heterocycles. The number of carbonyl (C=O) groups is 2. The lowest BCUT2D eigenvalue weighted by Gasteiger charge is -2.61. The summed E-state index contributed by atoms with van der Waals surface area (Å²) < 4.78 is 11.7. The van der Waals surface area contributed by atoms with Crippen molar-refractivity contribution in [3.8, 4) is 0 Å². The first-order valence-corrected chi connectivity index (χ1v) is 13.4. The highest BCUT2D eigenvalue weighted by molar-refractivity contribution is 5.68. The third-order valence-corrected chi connectivity index (χ3v) is 10.2. The number of carbonyl (C=O) groups excluding carboxylic acids is 2. The van der Waals surface area contributed by atoms with E-state index in [0.29, 0.717) is 23.7 Å². The number of fused-ring (bicyclic) bond motifs is 5. The molecule has 0 radical (unpaired) electrons. The minimum atomic E-state index is -0.193. The standard InChI is InChI=1S/C31H40O4/c1-19-15-25-26(30(4)13-11-24(18-27(19)30)34-20(2)32)12-14-31(5)28(25)17-23(29(31)35-21(3)33)16-22-9-7-6-8-10-22/h6-10,16,24-29H,1,11-15,17-18H2,2-5H3. The van der Waals surface area contributed by atoms with Crippen molar-refractivity contribution >= 4 is 18.0 Å². The molecule has 0 aromatic heterocycles. The van der Waals surface area contributed by atoms with Crippen molar-refractivity contribution in [1.82, 2.24) is 0 Å². The van der Waals surface area contributed by atoms with Crippen LogP contribution in [0.5, 0.6) is 0 Å². The van der Waals surface area contributed by atoms with Gasteiger partial charge in [-0.2, -0.15) is 0 Å². The van der Waals surface area contributed by atoms with Gasteiger partial charge in [0.2, 0.25) is 0 Å². The first-order valence-electron chi connectivity index (χ1n) is 13.4. The van der Waals surface area contributed by atoms with Crippen molar-refractivity contribution < 1.29 is 19.1 Å². The van der Waals surface area contributed by atoms with Crippen molar-refractivity contribution in [2.75, 3.05) is 0 Å². The predicted octanol–water partition coefficient (Wildman–Crippen LogP) is 6.75. The molecule has 8 atom stereocenters. The molecule has 35 heavy (non-hydrogen) atoms. The molecular formula is C31H40O4. The number of rotatable bonds is 3. The molecule has 4 aliphatic carbocycles. The Bertz CT molecular complexity index is 1040. The van der Waals surface area contributed by atoms with Crippen LogP contribution >= 0.6 is 0 Å². The topological polar surface area (TPSA) is 52.6 Å². The largest absolute Gasteiger partial charge is 0.463 e. The molecular weight excluding hydrogens is 436 g/mol. The highest BCUT2D eigenvalue weighted by Crippen LogP contribution is 2.68. The van der Waals surface area contributed by atoms with Gasteiger partial charge in [0, 0.05) is 19.3 Å². The molecule has 0 amide bonds. The van der Waals surface area contributed by atoms with Crippen molar-refractivity contribution in [2.24, 2.45) is 34.5 Å². The van der Waals surface area contributed by atoms with Crippen LogP contribution in [-0.4, -0.2) is 24.1 Å². The number of allylic oxidation sites excluding steroid dienone is 1. The molecule has 0 saturated heterocycles. The van der Waals surface area contributed by atoms with Crippen LogP contribution in [0.3, 0.4) is 0 Å². The summed E-state index contributed by atoms with van der Waals surface area (Å²) >= 11 is 0. The van der Waals surface area contributed by atoms with Crippen LogP contribution in [0.4, 0.5) is 0 Å². The van der Waals surface area contributed by atoms with E-state index in [0.717, 1.165) is 44.9 Å². The summed E-state index contributed by atoms with van der Waals surface area (Å²) in [6.07, 6.45) is 9.31. The van der Waals surface area contributed by atoms with Crippen LogP contribution < -0.4 is 0 Å². The third kappa shape index (κ3) is 4.17. The molecule has 1 aromatic rings. The fourth-order valence-electron chi connectivity index (χ4n) is 8.67. The van der Waals surface area contributed by atoms with Crippen LogP contribution in [0.2, 0.25) is 0 Å². The number of hydrogen-bond acceptors (Lipinski definition) is 4. The minimum Gasteiger partial charge on any atom is -0.463 e. The quantitative estimate of drug-likeness (QED) is 0.358. The maximum atomic E-state index is 12.2. The molecule has 188 valence electrons. The zero-order valence-corrected chi connectivity index (χ0v) is 21.7. The first-order chi connectivity index (χ1) is 16.6. The average molecular weight is 477 g/mol. The fraction of sp³-hybridized carbons (Fsp3) is 0.613. The lowest BCUT2D eigenvalue weighted by molar-refractivity contribution is -0.161. The summed E-state index contributed by atoms with van der Waals surface area (Å²) in [6, 6.07) is 10.4. The molecule has 0 spiro atoms. The van der Waals surface area contributed by atoms with Crippen LogP contribution in [0.15, 0.2) is 48.1 Å². The first kappa shape index (κ1) is 24.3. The van der Waals surface area contributed by atoms with Crippen molar-refractivity contribution in [2.45, 2.75) is 84.8 Å². The van der Waals surface area contributed by atoms with Gasteiger partial charge in [0.15, 0.2) is 0 Å². The highest BCUT2D eigenvalue weighted by atomic mass is 16.5. The van der Waals surface area contributed by atoms with Crippen LogP contribution in [0.1, 0.15) is 78.2 Å². The van der Waals surface area contributed by atoms with Gasteiger partial charge in [-0.3, -0.25) is 9.59 Å². The van der Waals surface area contributed by atoms with E-state index in [2.05, 4.69) is 50.8 Å². The Morgan fingerprint density at radius 3 is 2.31 bits per heavy atom. The Labute approximate surface area is 210 Å². The van der Waals surface area contributed by atoms with Crippen LogP contribution in [0, 0.1) is 34.5 Å². The van der Waals surface area contributed by atoms with E-state index < -0.39 is 0 Å². The zero-order chi connectivity index (χ0) is 25.0. The summed E-state index contributed by atoms with van der Waals surface area (Å²) in [7, 11) is 0. The van der Waals surface area contributed by atoms with Gasteiger partial charge in [-0.05, 0) is 85.2 Å². The van der Waals surface area contributed by atoms with E-state index in [1.54, 1.807) is 0 Å². The molecule has 0 aliphatic heterocycles. The maximum Gasteiger partial charge on any atom is 0.303 e. The second kappa shape index (κ2) is 8.94. The maximum absolute atomic E-state index is 12.2. The fourth-order valence-corrected chi connectivity index (χ4v) is 8.67. The average Bonchev–Trinajstić information content (AvgIpc) is 3.06. The Morgan fingerprint density at radius 1 is 0.943 bits per heavy atom. The monoisotopic (exact) mass is 476 g/mol. The predicted molar refractivity (Wildman–Crippen MR) is 137 cm³/mol. The number of hydrogen-bond donors (Lipinski definition) is 0. The summed E-state index contributed by atoms with van der Waals surface area (Å²) in [5.74, 6) is 1.70. The molecule has 1 aromatic carbocycles. The lowest BCUT2D eigenvalue weighted by atomic mass is 9.44. The summed E-state index contributed by atoms with van der Waals surface area (Å²) in [5, 5.41) is 0. The molecule has 0 bridgehead atoms. The van der Waals surface area contributed by atoms with Crippen molar-refractivity contribution in [3.05, 3.63) is 53.6 Å². The third-order valence-electron chi connectivity index (χ3n) is 10.2. The summed E-state index contributed by atoms with van der Waals surface area (Å²) in [4.78, 5) is 23.8. The molecule has 4 aliphatic rings. The van der Waals surface area contributed by atoms with E-state index in [1.165, 1.54) is 30.6 Å². The highest BCUT2D eigenvalue weighted by Gasteiger charge is 2.63. The van der Waals surface area contributed by atoms with Crippen molar-refractivity contribution in [3.63, 3.8) is 0 Å². The zero-order valence-electron chi connectivity index (χ0n) is 21.7. The normalized spacial score (nSPS) is 41.5. The summed E-state index contributed by atoms with van der Waals surface area (Å²) in [5.41, 5.74) is 3.91. The molecule has 0 N–H and O–H groups in total. The Kier molecular flexibility index (Phi) is 6.22. The van der Waals surface area contributed by atoms with E-state index in [4.69, 9.17) is 9.47 Å². The smallest absolute Gasteiger partial charge is 0.303 e. The molecule has 5 rings (SSSR count). The van der Waals surface area contributed by atoms with Gasteiger partial charge in [-0.1, -0.05) is 62.4 Å². The Balaban J connectivity index is 1.46. The molecule has 4 saturated carbocycles. The number of esters is 2. The molecule has 8 unspecified atom stereocenters. The van der Waals surface area contributed by atoms with E-state index in [-0.39, 0.29) is 35.0 Å². The molecule has 4 nitrogen and oxygen atoms in total. The van der Waals surface area contributed by atoms with Crippen molar-refractivity contribution in [1.29, 1.82) is 0 Å². The van der Waals surface area contributed by atoms with Gasteiger partial charge in [-0.25, -0.2) is 0 Å². The summed E-state index contributed by atoms with van der Waals surface area (Å²) in [6.45, 7) is 12.5. The van der Waals surface area contributed by atoms with Gasteiger partial charge in [-0.15, -0.1) is 0 Å². The van der Waals surface area contributed by atoms with Gasteiger partial charge in [0.25, 0.3) is 0 Å². The molecule has 4 fully saturated rings. The second-order valence-corrected chi connectivity index (χ2v) is 12.2. The van der Waals surface area contributed by atoms with Gasteiger partial charge in [0.1, 0.15) is 12.2 Å². The van der Waals surface area contributed by atoms with Crippen LogP contribution in [0.25, 0.3) is 6.08 Å². The Hall–Kier alpha value is -2.36. The van der Waals surface area contributed by atoms with E-state index in [9.17, 15) is 9.59 Å². The minimum absolute atomic E-state index is 0.0213. The van der Waals surface area contributed by atoms with E-state index in [1.807, 2.05) is 6.07 Å². The van der Waals surface area contributed by atoms with Crippen LogP contribution in [-0.2, 0) is 19.1 Å². The SMILES string of the molecule is C=C1CC2C(CCC3(C)C(OC(C)=O)C(=Cc4ccccc4)CC23)C2(C)CCC(OC(C)=O)CC12. The van der Waals surface area contributed by atoms with E-state index >= 15 is 0 Å². The van der Waals surface area contributed by atoms with Gasteiger partial charge >= 0.3 is 11.9 Å². The second-order valence-electron chi connectivity index (χ2n) is 12.2. The Morgan fingerprint density at radius 2 is 1.63 bits per heavy atom. The molecule has 4 heteroatoms. The van der Waals surface area contributed by atoms with Gasteiger partial charge in [0.05, 0.1) is 0 Å². The number of ether oxygens (including phenoxy) is 2. The lowest BCUT2D eigenvalue weighted by Crippen LogP contribution is -2.55. The van der Waals surface area contributed by atoms with Gasteiger partial charge < -0.3 is 9.47 Å².